The lowest BCUT2D eigenvalue weighted by Crippen LogP contribution is -2.49. The zero-order valence-electron chi connectivity index (χ0n) is 16.3. The standard InChI is InChI=1S/C16H32N4O4.HI/c1-8-17-13(18-10-9-12(21)23-7)19-11-16(5,6)20-14(22)24-15(2,3)4;/h8-11H2,1-7H3,(H,20,22)(H2,17,18,19);1H. The molecule has 0 aromatic heterocycles. The maximum absolute atomic E-state index is 11.9. The molecule has 0 saturated carbocycles. The summed E-state index contributed by atoms with van der Waals surface area (Å²) in [6, 6.07) is 0. The molecular formula is C16H33IN4O4. The highest BCUT2D eigenvalue weighted by atomic mass is 127. The third kappa shape index (κ3) is 14.8. The first kappa shape index (κ1) is 26.0. The molecule has 0 fully saturated rings. The Morgan fingerprint density at radius 3 is 2.16 bits per heavy atom. The van der Waals surface area contributed by atoms with Crippen molar-refractivity contribution in [2.24, 2.45) is 4.99 Å². The minimum atomic E-state index is -0.576. The van der Waals surface area contributed by atoms with Gasteiger partial charge in [0.25, 0.3) is 0 Å². The highest BCUT2D eigenvalue weighted by molar-refractivity contribution is 14.0. The monoisotopic (exact) mass is 472 g/mol. The van der Waals surface area contributed by atoms with E-state index < -0.39 is 17.2 Å². The molecule has 0 aromatic rings. The highest BCUT2D eigenvalue weighted by Crippen LogP contribution is 2.09. The minimum Gasteiger partial charge on any atom is -0.469 e. The summed E-state index contributed by atoms with van der Waals surface area (Å²) in [4.78, 5) is 27.4. The number of alkyl carbamates (subject to hydrolysis) is 1. The Morgan fingerprint density at radius 1 is 1.08 bits per heavy atom. The fraction of sp³-hybridized carbons (Fsp3) is 0.812. The molecule has 148 valence electrons. The third-order valence-electron chi connectivity index (χ3n) is 2.67. The number of carbonyl (C=O) groups excluding carboxylic acids is 2. The lowest BCUT2D eigenvalue weighted by molar-refractivity contribution is -0.140. The molecule has 0 radical (unpaired) electrons. The zero-order valence-corrected chi connectivity index (χ0v) is 18.6. The zero-order chi connectivity index (χ0) is 18.8. The van der Waals surface area contributed by atoms with Crippen LogP contribution >= 0.6 is 24.0 Å². The first-order chi connectivity index (χ1) is 11.0. The number of guanidine groups is 1. The smallest absolute Gasteiger partial charge is 0.408 e. The summed E-state index contributed by atoms with van der Waals surface area (Å²) >= 11 is 0. The van der Waals surface area contributed by atoms with Gasteiger partial charge in [0.2, 0.25) is 0 Å². The Morgan fingerprint density at radius 2 is 1.68 bits per heavy atom. The Bertz CT molecular complexity index is 448. The van der Waals surface area contributed by atoms with Crippen LogP contribution in [-0.2, 0) is 14.3 Å². The van der Waals surface area contributed by atoms with Crippen LogP contribution in [-0.4, -0.2) is 55.9 Å². The number of hydrogen-bond donors (Lipinski definition) is 3. The average Bonchev–Trinajstić information content (AvgIpc) is 2.41. The molecule has 8 nitrogen and oxygen atoms in total. The number of esters is 1. The molecular weight excluding hydrogens is 439 g/mol. The summed E-state index contributed by atoms with van der Waals surface area (Å²) in [7, 11) is 1.35. The first-order valence-electron chi connectivity index (χ1n) is 8.09. The van der Waals surface area contributed by atoms with Crippen molar-refractivity contribution in [2.75, 3.05) is 26.7 Å². The van der Waals surface area contributed by atoms with Crippen LogP contribution in [0.1, 0.15) is 48.0 Å². The quantitative estimate of drug-likeness (QED) is 0.227. The van der Waals surface area contributed by atoms with Crippen LogP contribution in [0.4, 0.5) is 4.79 Å². The molecule has 0 aliphatic heterocycles. The number of methoxy groups -OCH3 is 1. The molecule has 0 aromatic carbocycles. The van der Waals surface area contributed by atoms with Crippen molar-refractivity contribution in [3.05, 3.63) is 0 Å². The Kier molecular flexibility index (Phi) is 12.6. The molecule has 0 spiro atoms. The van der Waals surface area contributed by atoms with E-state index in [2.05, 4.69) is 25.7 Å². The number of hydrogen-bond acceptors (Lipinski definition) is 5. The normalized spacial score (nSPS) is 11.9. The maximum atomic E-state index is 11.9. The molecule has 1 amide bonds. The number of nitrogens with zero attached hydrogens (tertiary/aromatic N) is 1. The van der Waals surface area contributed by atoms with Crippen molar-refractivity contribution in [3.63, 3.8) is 0 Å². The van der Waals surface area contributed by atoms with E-state index in [1.165, 1.54) is 7.11 Å². The second-order valence-corrected chi connectivity index (χ2v) is 6.96. The first-order valence-corrected chi connectivity index (χ1v) is 8.09. The van der Waals surface area contributed by atoms with Crippen molar-refractivity contribution in [1.82, 2.24) is 16.0 Å². The SMILES string of the molecule is CCNC(=NCC(C)(C)NC(=O)OC(C)(C)C)NCCC(=O)OC.I. The molecule has 3 N–H and O–H groups in total. The van der Waals surface area contributed by atoms with Crippen molar-refractivity contribution in [2.45, 2.75) is 59.1 Å². The molecule has 0 unspecified atom stereocenters. The molecule has 0 bridgehead atoms. The molecule has 0 aliphatic carbocycles. The van der Waals surface area contributed by atoms with Crippen molar-refractivity contribution >= 4 is 42.0 Å². The lowest BCUT2D eigenvalue weighted by Gasteiger charge is -2.27. The van der Waals surface area contributed by atoms with Crippen LogP contribution in [0.25, 0.3) is 0 Å². The van der Waals surface area contributed by atoms with Gasteiger partial charge in [-0.05, 0) is 41.5 Å². The number of rotatable bonds is 7. The second-order valence-electron chi connectivity index (χ2n) is 6.96. The summed E-state index contributed by atoms with van der Waals surface area (Å²) in [6.45, 7) is 12.5. The summed E-state index contributed by atoms with van der Waals surface area (Å²) in [5.74, 6) is 0.283. The average molecular weight is 472 g/mol. The van der Waals surface area contributed by atoms with Gasteiger partial charge in [0.15, 0.2) is 5.96 Å². The number of nitrogens with one attached hydrogen (secondary N) is 3. The van der Waals surface area contributed by atoms with Crippen molar-refractivity contribution < 1.29 is 19.1 Å². The summed E-state index contributed by atoms with van der Waals surface area (Å²) in [5.41, 5.74) is -1.12. The van der Waals surface area contributed by atoms with Crippen molar-refractivity contribution in [1.29, 1.82) is 0 Å². The van der Waals surface area contributed by atoms with E-state index >= 15 is 0 Å². The molecule has 0 aliphatic rings. The second kappa shape index (κ2) is 12.2. The van der Waals surface area contributed by atoms with Gasteiger partial charge in [-0.3, -0.25) is 9.79 Å². The van der Waals surface area contributed by atoms with Gasteiger partial charge in [-0.1, -0.05) is 0 Å². The van der Waals surface area contributed by atoms with E-state index in [0.717, 1.165) is 0 Å². The fourth-order valence-corrected chi connectivity index (χ4v) is 1.62. The van der Waals surface area contributed by atoms with Crippen molar-refractivity contribution in [3.8, 4) is 0 Å². The molecule has 0 atom stereocenters. The van der Waals surface area contributed by atoms with Gasteiger partial charge in [0, 0.05) is 13.1 Å². The fourth-order valence-electron chi connectivity index (χ4n) is 1.62. The van der Waals surface area contributed by atoms with Crippen LogP contribution in [0, 0.1) is 0 Å². The summed E-state index contributed by atoms with van der Waals surface area (Å²) in [6.07, 6.45) is -0.230. The summed E-state index contributed by atoms with van der Waals surface area (Å²) < 4.78 is 9.84. The molecule has 0 rings (SSSR count). The van der Waals surface area contributed by atoms with Gasteiger partial charge in [0.1, 0.15) is 5.60 Å². The van der Waals surface area contributed by atoms with Gasteiger partial charge < -0.3 is 25.4 Å². The van der Waals surface area contributed by atoms with Crippen LogP contribution < -0.4 is 16.0 Å². The van der Waals surface area contributed by atoms with E-state index in [9.17, 15) is 9.59 Å². The topological polar surface area (TPSA) is 101 Å². The van der Waals surface area contributed by atoms with Crippen LogP contribution in [0.2, 0.25) is 0 Å². The van der Waals surface area contributed by atoms with Gasteiger partial charge >= 0.3 is 12.1 Å². The van der Waals surface area contributed by atoms with Gasteiger partial charge in [-0.15, -0.1) is 24.0 Å². The Labute approximate surface area is 167 Å². The number of aliphatic imine (C=N–C) groups is 1. The highest BCUT2D eigenvalue weighted by Gasteiger charge is 2.24. The molecule has 0 saturated heterocycles. The minimum absolute atomic E-state index is 0. The van der Waals surface area contributed by atoms with Gasteiger partial charge in [-0.25, -0.2) is 4.79 Å². The van der Waals surface area contributed by atoms with Crippen LogP contribution in [0.15, 0.2) is 4.99 Å². The predicted octanol–water partition coefficient (Wildman–Crippen LogP) is 2.03. The van der Waals surface area contributed by atoms with Crippen LogP contribution in [0.5, 0.6) is 0 Å². The van der Waals surface area contributed by atoms with E-state index in [4.69, 9.17) is 4.74 Å². The summed E-state index contributed by atoms with van der Waals surface area (Å²) in [5, 5.41) is 8.92. The Balaban J connectivity index is 0. The van der Waals surface area contributed by atoms with Gasteiger partial charge in [0.05, 0.1) is 25.6 Å². The molecule has 0 heterocycles. The number of halogens is 1. The molecule has 9 heteroatoms. The lowest BCUT2D eigenvalue weighted by atomic mass is 10.1. The largest absolute Gasteiger partial charge is 0.469 e. The van der Waals surface area contributed by atoms with Crippen LogP contribution in [0.3, 0.4) is 0 Å². The Hall–Kier alpha value is -1.26. The number of ether oxygens (including phenoxy) is 2. The van der Waals surface area contributed by atoms with E-state index in [1.807, 2.05) is 41.5 Å². The van der Waals surface area contributed by atoms with E-state index in [0.29, 0.717) is 25.6 Å². The number of amides is 1. The van der Waals surface area contributed by atoms with E-state index in [-0.39, 0.29) is 36.4 Å². The van der Waals surface area contributed by atoms with Gasteiger partial charge in [-0.2, -0.15) is 0 Å². The third-order valence-corrected chi connectivity index (χ3v) is 2.67. The predicted molar refractivity (Wildman–Crippen MR) is 109 cm³/mol. The van der Waals surface area contributed by atoms with E-state index in [1.54, 1.807) is 0 Å². The number of carbonyl (C=O) groups is 2. The maximum Gasteiger partial charge on any atom is 0.408 e. The molecule has 25 heavy (non-hydrogen) atoms.